The molecule has 0 radical (unpaired) electrons. The number of aromatic nitrogens is 1. The fraction of sp³-hybridized carbons (Fsp3) is 0.231. The SMILES string of the molecule is CC(C)c1ccc(OC(N)=O)c2cnc(Cl)cc12. The summed E-state index contributed by atoms with van der Waals surface area (Å²) in [6.45, 7) is 4.16. The maximum atomic E-state index is 10.9. The molecule has 0 bridgehead atoms. The molecule has 2 rings (SSSR count). The van der Waals surface area contributed by atoms with E-state index in [1.54, 1.807) is 18.3 Å². The molecule has 1 aromatic heterocycles. The van der Waals surface area contributed by atoms with E-state index >= 15 is 0 Å². The van der Waals surface area contributed by atoms with Crippen LogP contribution in [-0.4, -0.2) is 11.1 Å². The maximum absolute atomic E-state index is 10.9. The van der Waals surface area contributed by atoms with Crippen LogP contribution < -0.4 is 10.5 Å². The zero-order chi connectivity index (χ0) is 13.3. The Morgan fingerprint density at radius 2 is 2.11 bits per heavy atom. The molecule has 0 saturated carbocycles. The average molecular weight is 265 g/mol. The Labute approximate surface area is 110 Å². The molecular weight excluding hydrogens is 252 g/mol. The first kappa shape index (κ1) is 12.6. The second kappa shape index (κ2) is 4.82. The topological polar surface area (TPSA) is 65.2 Å². The van der Waals surface area contributed by atoms with Crippen LogP contribution in [0.1, 0.15) is 25.3 Å². The Balaban J connectivity index is 2.71. The average Bonchev–Trinajstić information content (AvgIpc) is 2.27. The highest BCUT2D eigenvalue weighted by Gasteiger charge is 2.12. The van der Waals surface area contributed by atoms with Gasteiger partial charge in [0.15, 0.2) is 0 Å². The number of pyridine rings is 1. The number of rotatable bonds is 2. The lowest BCUT2D eigenvalue weighted by Crippen LogP contribution is -2.16. The van der Waals surface area contributed by atoms with Crippen molar-refractivity contribution < 1.29 is 9.53 Å². The van der Waals surface area contributed by atoms with Gasteiger partial charge >= 0.3 is 6.09 Å². The number of primary amides is 1. The second-order valence-corrected chi connectivity index (χ2v) is 4.67. The normalized spacial score (nSPS) is 10.9. The van der Waals surface area contributed by atoms with E-state index in [0.717, 1.165) is 16.3 Å². The molecule has 0 aliphatic carbocycles. The van der Waals surface area contributed by atoms with E-state index in [1.807, 2.05) is 6.07 Å². The van der Waals surface area contributed by atoms with Crippen LogP contribution in [0.15, 0.2) is 24.4 Å². The highest BCUT2D eigenvalue weighted by Crippen LogP contribution is 2.33. The van der Waals surface area contributed by atoms with Gasteiger partial charge in [0.25, 0.3) is 0 Å². The quantitative estimate of drug-likeness (QED) is 0.845. The molecule has 0 fully saturated rings. The lowest BCUT2D eigenvalue weighted by atomic mass is 9.97. The van der Waals surface area contributed by atoms with Crippen LogP contribution in [0.4, 0.5) is 4.79 Å². The van der Waals surface area contributed by atoms with Crippen molar-refractivity contribution in [2.75, 3.05) is 0 Å². The maximum Gasteiger partial charge on any atom is 0.409 e. The van der Waals surface area contributed by atoms with Crippen molar-refractivity contribution in [2.45, 2.75) is 19.8 Å². The molecule has 0 aliphatic rings. The monoisotopic (exact) mass is 264 g/mol. The molecule has 0 unspecified atom stereocenters. The van der Waals surface area contributed by atoms with Crippen LogP contribution in [0.3, 0.4) is 0 Å². The van der Waals surface area contributed by atoms with E-state index in [0.29, 0.717) is 16.8 Å². The first-order valence-corrected chi connectivity index (χ1v) is 5.92. The predicted octanol–water partition coefficient (Wildman–Crippen LogP) is 3.47. The van der Waals surface area contributed by atoms with Crippen molar-refractivity contribution in [1.82, 2.24) is 4.98 Å². The predicted molar refractivity (Wildman–Crippen MR) is 71.1 cm³/mol. The number of carbonyl (C=O) groups excluding carboxylic acids is 1. The van der Waals surface area contributed by atoms with Crippen molar-refractivity contribution in [1.29, 1.82) is 0 Å². The third kappa shape index (κ3) is 2.38. The number of hydrogen-bond acceptors (Lipinski definition) is 3. The van der Waals surface area contributed by atoms with Crippen molar-refractivity contribution in [3.8, 4) is 5.75 Å². The number of carbonyl (C=O) groups is 1. The second-order valence-electron chi connectivity index (χ2n) is 4.28. The minimum Gasteiger partial charge on any atom is -0.410 e. The highest BCUT2D eigenvalue weighted by molar-refractivity contribution is 6.30. The Kier molecular flexibility index (Phi) is 3.39. The summed E-state index contributed by atoms with van der Waals surface area (Å²) in [7, 11) is 0. The molecular formula is C13H13ClN2O2. The molecule has 1 aromatic carbocycles. The summed E-state index contributed by atoms with van der Waals surface area (Å²) in [4.78, 5) is 14.9. The van der Waals surface area contributed by atoms with Crippen LogP contribution in [0.5, 0.6) is 5.75 Å². The van der Waals surface area contributed by atoms with Gasteiger partial charge in [-0.25, -0.2) is 9.78 Å². The van der Waals surface area contributed by atoms with Crippen LogP contribution in [0, 0.1) is 0 Å². The number of nitrogens with zero attached hydrogens (tertiary/aromatic N) is 1. The highest BCUT2D eigenvalue weighted by atomic mass is 35.5. The largest absolute Gasteiger partial charge is 0.410 e. The van der Waals surface area contributed by atoms with Gasteiger partial charge in [-0.3, -0.25) is 0 Å². The van der Waals surface area contributed by atoms with Gasteiger partial charge in [0.05, 0.1) is 0 Å². The number of nitrogens with two attached hydrogens (primary N) is 1. The lowest BCUT2D eigenvalue weighted by Gasteiger charge is -2.12. The minimum atomic E-state index is -0.844. The molecule has 0 spiro atoms. The van der Waals surface area contributed by atoms with E-state index < -0.39 is 6.09 Å². The number of ether oxygens (including phenoxy) is 1. The number of benzene rings is 1. The molecule has 5 heteroatoms. The van der Waals surface area contributed by atoms with Gasteiger partial charge in [-0.2, -0.15) is 0 Å². The lowest BCUT2D eigenvalue weighted by molar-refractivity contribution is 0.211. The number of fused-ring (bicyclic) bond motifs is 1. The fourth-order valence-electron chi connectivity index (χ4n) is 1.91. The number of hydrogen-bond donors (Lipinski definition) is 1. The third-order valence-corrected chi connectivity index (χ3v) is 2.90. The van der Waals surface area contributed by atoms with Gasteiger partial charge in [0.2, 0.25) is 0 Å². The molecule has 2 aromatic rings. The molecule has 0 saturated heterocycles. The van der Waals surface area contributed by atoms with Gasteiger partial charge in [-0.15, -0.1) is 0 Å². The zero-order valence-corrected chi connectivity index (χ0v) is 10.9. The van der Waals surface area contributed by atoms with Crippen LogP contribution in [0.25, 0.3) is 10.8 Å². The molecule has 0 aliphatic heterocycles. The van der Waals surface area contributed by atoms with E-state index in [9.17, 15) is 4.79 Å². The minimum absolute atomic E-state index is 0.327. The smallest absolute Gasteiger partial charge is 0.409 e. The van der Waals surface area contributed by atoms with Gasteiger partial charge in [-0.05, 0) is 29.0 Å². The summed E-state index contributed by atoms with van der Waals surface area (Å²) in [6, 6.07) is 5.39. The molecule has 2 N–H and O–H groups in total. The molecule has 0 atom stereocenters. The van der Waals surface area contributed by atoms with Crippen molar-refractivity contribution in [2.24, 2.45) is 5.73 Å². The number of amides is 1. The Hall–Kier alpha value is -1.81. The summed E-state index contributed by atoms with van der Waals surface area (Å²) in [5.74, 6) is 0.722. The summed E-state index contributed by atoms with van der Waals surface area (Å²) < 4.78 is 4.96. The Bertz CT molecular complexity index is 611. The van der Waals surface area contributed by atoms with Crippen LogP contribution in [-0.2, 0) is 0 Å². The first-order valence-electron chi connectivity index (χ1n) is 5.54. The zero-order valence-electron chi connectivity index (χ0n) is 10.1. The molecule has 1 amide bonds. The summed E-state index contributed by atoms with van der Waals surface area (Å²) in [6.07, 6.45) is 0.741. The summed E-state index contributed by atoms with van der Waals surface area (Å²) in [5.41, 5.74) is 6.15. The van der Waals surface area contributed by atoms with Gasteiger partial charge < -0.3 is 10.5 Å². The van der Waals surface area contributed by atoms with Gasteiger partial charge in [0, 0.05) is 11.6 Å². The van der Waals surface area contributed by atoms with E-state index in [2.05, 4.69) is 18.8 Å². The van der Waals surface area contributed by atoms with Crippen LogP contribution in [0.2, 0.25) is 5.15 Å². The Morgan fingerprint density at radius 1 is 1.39 bits per heavy atom. The van der Waals surface area contributed by atoms with E-state index in [-0.39, 0.29) is 0 Å². The Morgan fingerprint density at radius 3 is 2.72 bits per heavy atom. The fourth-order valence-corrected chi connectivity index (χ4v) is 2.07. The molecule has 18 heavy (non-hydrogen) atoms. The van der Waals surface area contributed by atoms with E-state index in [1.165, 1.54) is 0 Å². The van der Waals surface area contributed by atoms with Gasteiger partial charge in [-0.1, -0.05) is 31.5 Å². The first-order chi connectivity index (χ1) is 8.49. The van der Waals surface area contributed by atoms with Crippen molar-refractivity contribution >= 4 is 28.5 Å². The van der Waals surface area contributed by atoms with E-state index in [4.69, 9.17) is 22.1 Å². The van der Waals surface area contributed by atoms with Crippen molar-refractivity contribution in [3.63, 3.8) is 0 Å². The third-order valence-electron chi connectivity index (χ3n) is 2.69. The molecule has 4 nitrogen and oxygen atoms in total. The molecule has 94 valence electrons. The van der Waals surface area contributed by atoms with Crippen molar-refractivity contribution in [3.05, 3.63) is 35.1 Å². The number of halogens is 1. The summed E-state index contributed by atoms with van der Waals surface area (Å²) in [5, 5.41) is 2.05. The summed E-state index contributed by atoms with van der Waals surface area (Å²) >= 11 is 5.91. The van der Waals surface area contributed by atoms with Gasteiger partial charge in [0.1, 0.15) is 10.9 Å². The standard InChI is InChI=1S/C13H13ClN2O2/c1-7(2)8-3-4-11(18-13(15)17)10-6-16-12(14)5-9(8)10/h3-7H,1-2H3,(H2,15,17). The van der Waals surface area contributed by atoms with Crippen LogP contribution >= 0.6 is 11.6 Å². The molecule has 1 heterocycles.